The Labute approximate surface area is 220 Å². The van der Waals surface area contributed by atoms with Gasteiger partial charge < -0.3 is 19.3 Å². The van der Waals surface area contributed by atoms with Crippen LogP contribution in [0.4, 0.5) is 0 Å². The minimum atomic E-state index is 0.104. The molecule has 1 aromatic heterocycles. The number of ether oxygens (including phenoxy) is 2. The molecular formula is C31H39N3O3. The Hall–Kier alpha value is -3.12. The van der Waals surface area contributed by atoms with Gasteiger partial charge in [0, 0.05) is 44.1 Å². The summed E-state index contributed by atoms with van der Waals surface area (Å²) >= 11 is 0. The number of amides is 1. The first-order chi connectivity index (χ1) is 18.2. The third kappa shape index (κ3) is 7.22. The number of likely N-dealkylation sites (tertiary alicyclic amines) is 2. The summed E-state index contributed by atoms with van der Waals surface area (Å²) in [6.07, 6.45) is 10.4. The van der Waals surface area contributed by atoms with E-state index in [-0.39, 0.29) is 12.0 Å². The predicted molar refractivity (Wildman–Crippen MR) is 147 cm³/mol. The number of hydrogen-bond acceptors (Lipinski definition) is 5. The fourth-order valence-electron chi connectivity index (χ4n) is 5.40. The Kier molecular flexibility index (Phi) is 8.91. The van der Waals surface area contributed by atoms with Crippen molar-refractivity contribution in [2.75, 3.05) is 39.3 Å². The summed E-state index contributed by atoms with van der Waals surface area (Å²) in [6.45, 7) is 5.76. The van der Waals surface area contributed by atoms with Gasteiger partial charge in [-0.25, -0.2) is 0 Å². The van der Waals surface area contributed by atoms with E-state index in [1.54, 1.807) is 6.20 Å². The van der Waals surface area contributed by atoms with Gasteiger partial charge in [-0.15, -0.1) is 0 Å². The maximum Gasteiger partial charge on any atom is 0.226 e. The van der Waals surface area contributed by atoms with Crippen LogP contribution >= 0.6 is 0 Å². The molecule has 196 valence electrons. The zero-order valence-corrected chi connectivity index (χ0v) is 21.8. The van der Waals surface area contributed by atoms with Crippen molar-refractivity contribution in [3.63, 3.8) is 0 Å². The number of carbonyl (C=O) groups excluding carboxylic acids is 1. The molecule has 2 aliphatic rings. The van der Waals surface area contributed by atoms with Gasteiger partial charge in [0.1, 0.15) is 23.1 Å². The maximum atomic E-state index is 12.9. The van der Waals surface area contributed by atoms with Crippen molar-refractivity contribution in [3.8, 4) is 11.5 Å². The molecule has 0 atom stereocenters. The van der Waals surface area contributed by atoms with Crippen LogP contribution in [0.3, 0.4) is 0 Å². The average molecular weight is 502 g/mol. The van der Waals surface area contributed by atoms with Crippen LogP contribution in [0.2, 0.25) is 0 Å². The molecule has 0 aliphatic carbocycles. The molecule has 6 nitrogen and oxygen atoms in total. The maximum absolute atomic E-state index is 12.9. The molecule has 0 N–H and O–H groups in total. The van der Waals surface area contributed by atoms with E-state index in [4.69, 9.17) is 9.47 Å². The summed E-state index contributed by atoms with van der Waals surface area (Å²) in [5.41, 5.74) is 1.93. The van der Waals surface area contributed by atoms with Crippen molar-refractivity contribution in [1.82, 2.24) is 14.8 Å². The second-order valence-electron chi connectivity index (χ2n) is 10.3. The van der Waals surface area contributed by atoms with Gasteiger partial charge in [-0.2, -0.15) is 0 Å². The van der Waals surface area contributed by atoms with Gasteiger partial charge in [0.05, 0.1) is 13.0 Å². The first kappa shape index (κ1) is 25.5. The predicted octanol–water partition coefficient (Wildman–Crippen LogP) is 5.49. The number of fused-ring (bicyclic) bond motifs is 1. The van der Waals surface area contributed by atoms with Crippen molar-refractivity contribution in [2.24, 2.45) is 0 Å². The van der Waals surface area contributed by atoms with E-state index in [0.717, 1.165) is 73.5 Å². The van der Waals surface area contributed by atoms with Crippen LogP contribution in [-0.4, -0.2) is 66.1 Å². The molecule has 3 aromatic rings. The first-order valence-corrected chi connectivity index (χ1v) is 14.0. The standard InChI is InChI=1S/C31H39N3O3/c35-30(24-25-11-13-27(14-12-25)36-23-7-20-33-18-3-1-2-4-19-33)34-21-15-28(16-22-34)37-29-10-5-8-26-9-6-17-32-31(26)29/h5-6,8-14,17,28H,1-4,7,15-16,18-24H2. The van der Waals surface area contributed by atoms with Crippen LogP contribution in [0.5, 0.6) is 11.5 Å². The van der Waals surface area contributed by atoms with E-state index in [1.807, 2.05) is 59.5 Å². The number of pyridine rings is 1. The highest BCUT2D eigenvalue weighted by atomic mass is 16.5. The quantitative estimate of drug-likeness (QED) is 0.363. The van der Waals surface area contributed by atoms with Crippen molar-refractivity contribution in [1.29, 1.82) is 0 Å². The molecule has 37 heavy (non-hydrogen) atoms. The Morgan fingerprint density at radius 1 is 0.892 bits per heavy atom. The lowest BCUT2D eigenvalue weighted by Crippen LogP contribution is -2.42. The smallest absolute Gasteiger partial charge is 0.226 e. The van der Waals surface area contributed by atoms with Gasteiger partial charge in [-0.05, 0) is 62.2 Å². The number of nitrogens with zero attached hydrogens (tertiary/aromatic N) is 3. The largest absolute Gasteiger partial charge is 0.494 e. The normalized spacial score (nSPS) is 17.5. The molecule has 0 bridgehead atoms. The monoisotopic (exact) mass is 501 g/mol. The van der Waals surface area contributed by atoms with Crippen LogP contribution in [-0.2, 0) is 11.2 Å². The van der Waals surface area contributed by atoms with Crippen LogP contribution in [0.15, 0.2) is 60.8 Å². The van der Waals surface area contributed by atoms with E-state index >= 15 is 0 Å². The third-order valence-corrected chi connectivity index (χ3v) is 7.55. The summed E-state index contributed by atoms with van der Waals surface area (Å²) in [6, 6.07) is 18.0. The van der Waals surface area contributed by atoms with Gasteiger partial charge >= 0.3 is 0 Å². The molecular weight excluding hydrogens is 462 g/mol. The fourth-order valence-corrected chi connectivity index (χ4v) is 5.40. The highest BCUT2D eigenvalue weighted by molar-refractivity contribution is 5.84. The van der Waals surface area contributed by atoms with Crippen molar-refractivity contribution < 1.29 is 14.3 Å². The number of benzene rings is 2. The zero-order chi connectivity index (χ0) is 25.3. The number of aromatic nitrogens is 1. The first-order valence-electron chi connectivity index (χ1n) is 14.0. The fraction of sp³-hybridized carbons (Fsp3) is 0.484. The molecule has 2 aliphatic heterocycles. The average Bonchev–Trinajstić information content (AvgIpc) is 3.22. The summed E-state index contributed by atoms with van der Waals surface area (Å²) in [4.78, 5) is 21.9. The highest BCUT2D eigenvalue weighted by Crippen LogP contribution is 2.26. The van der Waals surface area contributed by atoms with E-state index in [1.165, 1.54) is 38.8 Å². The molecule has 1 amide bonds. The van der Waals surface area contributed by atoms with Gasteiger partial charge in [0.15, 0.2) is 0 Å². The molecule has 0 saturated carbocycles. The van der Waals surface area contributed by atoms with E-state index < -0.39 is 0 Å². The third-order valence-electron chi connectivity index (χ3n) is 7.55. The van der Waals surface area contributed by atoms with Crippen molar-refractivity contribution >= 4 is 16.8 Å². The molecule has 5 rings (SSSR count). The molecule has 2 fully saturated rings. The van der Waals surface area contributed by atoms with Gasteiger partial charge in [-0.3, -0.25) is 9.78 Å². The molecule has 0 unspecified atom stereocenters. The number of carbonyl (C=O) groups is 1. The number of para-hydroxylation sites is 1. The Balaban J connectivity index is 1.03. The SMILES string of the molecule is O=C(Cc1ccc(OCCCN2CCCCCC2)cc1)N1CCC(Oc2cccc3cccnc23)CC1. The van der Waals surface area contributed by atoms with Crippen molar-refractivity contribution in [2.45, 2.75) is 57.5 Å². The summed E-state index contributed by atoms with van der Waals surface area (Å²) in [7, 11) is 0. The van der Waals surface area contributed by atoms with Crippen LogP contribution in [0, 0.1) is 0 Å². The minimum absolute atomic E-state index is 0.104. The second kappa shape index (κ2) is 12.9. The van der Waals surface area contributed by atoms with Gasteiger partial charge in [0.2, 0.25) is 5.91 Å². The molecule has 2 saturated heterocycles. The summed E-state index contributed by atoms with van der Waals surface area (Å²) in [5.74, 6) is 1.89. The minimum Gasteiger partial charge on any atom is -0.494 e. The van der Waals surface area contributed by atoms with Crippen LogP contribution in [0.1, 0.15) is 50.5 Å². The summed E-state index contributed by atoms with van der Waals surface area (Å²) < 4.78 is 12.2. The highest BCUT2D eigenvalue weighted by Gasteiger charge is 2.24. The van der Waals surface area contributed by atoms with E-state index in [0.29, 0.717) is 6.42 Å². The lowest BCUT2D eigenvalue weighted by atomic mass is 10.1. The number of rotatable bonds is 9. The van der Waals surface area contributed by atoms with Crippen LogP contribution in [0.25, 0.3) is 10.9 Å². The van der Waals surface area contributed by atoms with E-state index in [9.17, 15) is 4.79 Å². The number of hydrogen-bond donors (Lipinski definition) is 0. The Bertz CT molecular complexity index is 1130. The van der Waals surface area contributed by atoms with Crippen molar-refractivity contribution in [3.05, 3.63) is 66.4 Å². The summed E-state index contributed by atoms with van der Waals surface area (Å²) in [5, 5.41) is 1.08. The van der Waals surface area contributed by atoms with Gasteiger partial charge in [-0.1, -0.05) is 43.2 Å². The molecule has 0 spiro atoms. The lowest BCUT2D eigenvalue weighted by Gasteiger charge is -2.32. The topological polar surface area (TPSA) is 54.9 Å². The molecule has 2 aromatic carbocycles. The second-order valence-corrected chi connectivity index (χ2v) is 10.3. The number of piperidine rings is 1. The van der Waals surface area contributed by atoms with Gasteiger partial charge in [0.25, 0.3) is 0 Å². The zero-order valence-electron chi connectivity index (χ0n) is 21.8. The lowest BCUT2D eigenvalue weighted by molar-refractivity contribution is -0.132. The van der Waals surface area contributed by atoms with Crippen LogP contribution < -0.4 is 9.47 Å². The molecule has 6 heteroatoms. The Morgan fingerprint density at radius 3 is 2.43 bits per heavy atom. The van der Waals surface area contributed by atoms with E-state index in [2.05, 4.69) is 9.88 Å². The Morgan fingerprint density at radius 2 is 1.65 bits per heavy atom. The molecule has 0 radical (unpaired) electrons. The molecule has 3 heterocycles.